The lowest BCUT2D eigenvalue weighted by Crippen LogP contribution is -2.52. The second kappa shape index (κ2) is 10.5. The van der Waals surface area contributed by atoms with Gasteiger partial charge in [0.05, 0.1) is 0 Å². The first-order valence-electron chi connectivity index (χ1n) is 11.3. The number of piperidine rings is 1. The Balaban J connectivity index is 1.99. The fraction of sp³-hybridized carbons (Fsp3) is 0.760. The van der Waals surface area contributed by atoms with Crippen LogP contribution >= 0.6 is 0 Å². The molecular weight excluding hydrogens is 314 g/mol. The van der Waals surface area contributed by atoms with Crippen molar-refractivity contribution in [2.24, 2.45) is 11.8 Å². The van der Waals surface area contributed by atoms with E-state index >= 15 is 0 Å². The molecule has 1 aliphatic heterocycles. The van der Waals surface area contributed by atoms with Crippen LogP contribution in [0.5, 0.6) is 0 Å². The molecule has 0 radical (unpaired) electrons. The SMILES string of the molecule is CCCCC1CN(CCCCCC(C)C)C(C)CC1(C)c1ccccc1. The Morgan fingerprint density at radius 2 is 1.81 bits per heavy atom. The molecule has 0 amide bonds. The maximum absolute atomic E-state index is 2.81. The third-order valence-electron chi connectivity index (χ3n) is 6.76. The smallest absolute Gasteiger partial charge is 0.00755 e. The van der Waals surface area contributed by atoms with E-state index in [-0.39, 0.29) is 0 Å². The second-order valence-electron chi connectivity index (χ2n) is 9.41. The number of hydrogen-bond acceptors (Lipinski definition) is 1. The zero-order valence-corrected chi connectivity index (χ0v) is 18.1. The van der Waals surface area contributed by atoms with Crippen LogP contribution in [-0.2, 0) is 5.41 Å². The molecule has 1 saturated heterocycles. The van der Waals surface area contributed by atoms with E-state index < -0.39 is 0 Å². The average molecular weight is 358 g/mol. The molecule has 0 saturated carbocycles. The molecule has 3 atom stereocenters. The minimum absolute atomic E-state index is 0.337. The fourth-order valence-electron chi connectivity index (χ4n) is 4.96. The molecule has 1 heterocycles. The van der Waals surface area contributed by atoms with Crippen molar-refractivity contribution < 1.29 is 0 Å². The molecule has 1 nitrogen and oxygen atoms in total. The van der Waals surface area contributed by atoms with Gasteiger partial charge in [0.15, 0.2) is 0 Å². The van der Waals surface area contributed by atoms with Crippen LogP contribution in [0.25, 0.3) is 0 Å². The van der Waals surface area contributed by atoms with Crippen molar-refractivity contribution in [1.29, 1.82) is 0 Å². The molecule has 3 unspecified atom stereocenters. The minimum Gasteiger partial charge on any atom is -0.300 e. The molecule has 1 heteroatoms. The molecule has 1 aromatic rings. The Hall–Kier alpha value is -0.820. The van der Waals surface area contributed by atoms with Gasteiger partial charge in [0, 0.05) is 12.6 Å². The first kappa shape index (κ1) is 21.5. The Bertz CT molecular complexity index is 494. The molecule has 26 heavy (non-hydrogen) atoms. The maximum atomic E-state index is 2.81. The van der Waals surface area contributed by atoms with Crippen LogP contribution in [-0.4, -0.2) is 24.0 Å². The minimum atomic E-state index is 0.337. The molecule has 148 valence electrons. The quantitative estimate of drug-likeness (QED) is 0.405. The summed E-state index contributed by atoms with van der Waals surface area (Å²) >= 11 is 0. The maximum Gasteiger partial charge on any atom is 0.00755 e. The first-order valence-corrected chi connectivity index (χ1v) is 11.3. The number of rotatable bonds is 10. The van der Waals surface area contributed by atoms with Gasteiger partial charge in [-0.05, 0) is 55.5 Å². The van der Waals surface area contributed by atoms with Gasteiger partial charge in [-0.15, -0.1) is 0 Å². The number of unbranched alkanes of at least 4 members (excludes halogenated alkanes) is 3. The Kier molecular flexibility index (Phi) is 8.67. The van der Waals surface area contributed by atoms with Crippen LogP contribution in [0.2, 0.25) is 0 Å². The number of benzene rings is 1. The van der Waals surface area contributed by atoms with Gasteiger partial charge >= 0.3 is 0 Å². The van der Waals surface area contributed by atoms with E-state index in [9.17, 15) is 0 Å². The lowest BCUT2D eigenvalue weighted by molar-refractivity contribution is 0.0482. The molecule has 0 aromatic heterocycles. The zero-order valence-electron chi connectivity index (χ0n) is 18.1. The Morgan fingerprint density at radius 3 is 2.46 bits per heavy atom. The summed E-state index contributed by atoms with van der Waals surface area (Å²) in [5.74, 6) is 1.64. The molecule has 0 bridgehead atoms. The summed E-state index contributed by atoms with van der Waals surface area (Å²) < 4.78 is 0. The lowest BCUT2D eigenvalue weighted by Gasteiger charge is -2.50. The van der Waals surface area contributed by atoms with Crippen LogP contribution in [0.4, 0.5) is 0 Å². The molecule has 1 fully saturated rings. The summed E-state index contributed by atoms with van der Waals surface area (Å²) in [7, 11) is 0. The monoisotopic (exact) mass is 357 g/mol. The summed E-state index contributed by atoms with van der Waals surface area (Å²) in [4.78, 5) is 2.81. The van der Waals surface area contributed by atoms with Gasteiger partial charge in [0.25, 0.3) is 0 Å². The van der Waals surface area contributed by atoms with Crippen LogP contribution < -0.4 is 0 Å². The van der Waals surface area contributed by atoms with Crippen LogP contribution in [0.1, 0.15) is 91.5 Å². The van der Waals surface area contributed by atoms with E-state index in [1.54, 1.807) is 5.56 Å². The van der Waals surface area contributed by atoms with Gasteiger partial charge < -0.3 is 4.90 Å². The topological polar surface area (TPSA) is 3.24 Å². The van der Waals surface area contributed by atoms with Crippen LogP contribution in [0.3, 0.4) is 0 Å². The standard InChI is InChI=1S/C25H43N/c1-6-7-15-24-20-26(18-13-9-10-14-21(2)3)22(4)19-25(24,5)23-16-11-8-12-17-23/h8,11-12,16-17,21-22,24H,6-7,9-10,13-15,18-20H2,1-5H3. The summed E-state index contributed by atoms with van der Waals surface area (Å²) in [5.41, 5.74) is 1.90. The predicted molar refractivity (Wildman–Crippen MR) is 116 cm³/mol. The summed E-state index contributed by atoms with van der Waals surface area (Å²) in [6, 6.07) is 12.0. The van der Waals surface area contributed by atoms with Crippen molar-refractivity contribution in [3.63, 3.8) is 0 Å². The third kappa shape index (κ3) is 5.84. The van der Waals surface area contributed by atoms with Crippen molar-refractivity contribution >= 4 is 0 Å². The van der Waals surface area contributed by atoms with E-state index in [4.69, 9.17) is 0 Å². The normalized spacial score (nSPS) is 27.2. The largest absolute Gasteiger partial charge is 0.300 e. The molecular formula is C25H43N. The van der Waals surface area contributed by atoms with Gasteiger partial charge in [-0.3, -0.25) is 0 Å². The van der Waals surface area contributed by atoms with E-state index in [0.29, 0.717) is 11.5 Å². The third-order valence-corrected chi connectivity index (χ3v) is 6.76. The highest BCUT2D eigenvalue weighted by Crippen LogP contribution is 2.44. The molecule has 1 aliphatic rings. The summed E-state index contributed by atoms with van der Waals surface area (Å²) in [6.45, 7) is 14.6. The number of hydrogen-bond donors (Lipinski definition) is 0. The fourth-order valence-corrected chi connectivity index (χ4v) is 4.96. The Morgan fingerprint density at radius 1 is 1.08 bits per heavy atom. The van der Waals surface area contributed by atoms with Gasteiger partial charge in [0.2, 0.25) is 0 Å². The molecule has 1 aromatic carbocycles. The molecule has 2 rings (SSSR count). The molecule has 0 spiro atoms. The highest BCUT2D eigenvalue weighted by atomic mass is 15.2. The Labute approximate surface area is 163 Å². The molecule has 0 N–H and O–H groups in total. The highest BCUT2D eigenvalue weighted by Gasteiger charge is 2.42. The summed E-state index contributed by atoms with van der Waals surface area (Å²) in [6.07, 6.45) is 10.9. The van der Waals surface area contributed by atoms with E-state index in [1.165, 1.54) is 64.5 Å². The van der Waals surface area contributed by atoms with E-state index in [0.717, 1.165) is 11.8 Å². The number of nitrogens with zero attached hydrogens (tertiary/aromatic N) is 1. The van der Waals surface area contributed by atoms with Gasteiger partial charge in [-0.1, -0.05) is 90.1 Å². The van der Waals surface area contributed by atoms with Crippen molar-refractivity contribution in [2.45, 2.75) is 97.4 Å². The summed E-state index contributed by atoms with van der Waals surface area (Å²) in [5, 5.41) is 0. The van der Waals surface area contributed by atoms with Crippen molar-refractivity contribution in [3.05, 3.63) is 35.9 Å². The predicted octanol–water partition coefficient (Wildman–Crippen LogP) is 7.06. The second-order valence-corrected chi connectivity index (χ2v) is 9.41. The van der Waals surface area contributed by atoms with Gasteiger partial charge in [-0.25, -0.2) is 0 Å². The first-order chi connectivity index (χ1) is 12.5. The van der Waals surface area contributed by atoms with Gasteiger partial charge in [0.1, 0.15) is 0 Å². The van der Waals surface area contributed by atoms with E-state index in [1.807, 2.05) is 0 Å². The van der Waals surface area contributed by atoms with Crippen LogP contribution in [0.15, 0.2) is 30.3 Å². The van der Waals surface area contributed by atoms with E-state index in [2.05, 4.69) is 69.9 Å². The van der Waals surface area contributed by atoms with Crippen molar-refractivity contribution in [1.82, 2.24) is 4.90 Å². The van der Waals surface area contributed by atoms with Gasteiger partial charge in [-0.2, -0.15) is 0 Å². The van der Waals surface area contributed by atoms with Crippen molar-refractivity contribution in [3.8, 4) is 0 Å². The lowest BCUT2D eigenvalue weighted by atomic mass is 9.64. The molecule has 0 aliphatic carbocycles. The highest BCUT2D eigenvalue weighted by molar-refractivity contribution is 5.27. The van der Waals surface area contributed by atoms with Crippen molar-refractivity contribution in [2.75, 3.05) is 13.1 Å². The van der Waals surface area contributed by atoms with Crippen LogP contribution in [0, 0.1) is 11.8 Å². The zero-order chi connectivity index (χ0) is 19.0. The average Bonchev–Trinajstić information content (AvgIpc) is 2.62. The number of likely N-dealkylation sites (tertiary alicyclic amines) is 1.